The third-order valence-corrected chi connectivity index (χ3v) is 5.76. The highest BCUT2D eigenvalue weighted by molar-refractivity contribution is 5.93. The summed E-state index contributed by atoms with van der Waals surface area (Å²) in [6, 6.07) is 11.3. The highest BCUT2D eigenvalue weighted by Crippen LogP contribution is 2.54. The van der Waals surface area contributed by atoms with Crippen molar-refractivity contribution in [2.45, 2.75) is 6.42 Å². The van der Waals surface area contributed by atoms with E-state index in [1.54, 1.807) is 30.6 Å². The van der Waals surface area contributed by atoms with Crippen molar-refractivity contribution in [3.63, 3.8) is 0 Å². The molecule has 3 atom stereocenters. The van der Waals surface area contributed by atoms with E-state index in [2.05, 4.69) is 15.2 Å². The number of anilines is 1. The quantitative estimate of drug-likeness (QED) is 0.724. The van der Waals surface area contributed by atoms with Crippen LogP contribution in [-0.4, -0.2) is 36.4 Å². The van der Waals surface area contributed by atoms with Crippen LogP contribution in [0, 0.1) is 17.8 Å². The molecule has 1 saturated heterocycles. The van der Waals surface area contributed by atoms with Gasteiger partial charge in [0.1, 0.15) is 0 Å². The predicted octanol–water partition coefficient (Wildman–Crippen LogP) is 2.08. The number of carbonyl (C=O) groups is 2. The first-order valence-corrected chi connectivity index (χ1v) is 9.62. The lowest BCUT2D eigenvalue weighted by Crippen LogP contribution is -2.26. The molecule has 2 aromatic rings. The Balaban J connectivity index is 1.20. The average Bonchev–Trinajstić information content (AvgIpc) is 3.16. The molecule has 144 valence electrons. The Bertz CT molecular complexity index is 884. The van der Waals surface area contributed by atoms with Crippen LogP contribution in [0.1, 0.15) is 22.3 Å². The van der Waals surface area contributed by atoms with Crippen LogP contribution < -0.4 is 16.0 Å². The Labute approximate surface area is 164 Å². The number of benzene rings is 1. The summed E-state index contributed by atoms with van der Waals surface area (Å²) in [6.07, 6.45) is 7.76. The molecule has 1 saturated carbocycles. The maximum Gasteiger partial charge on any atom is 0.248 e. The molecule has 1 aliphatic carbocycles. The Hall–Kier alpha value is -3.15. The fourth-order valence-electron chi connectivity index (χ4n) is 4.21. The first kappa shape index (κ1) is 18.2. The second-order valence-electron chi connectivity index (χ2n) is 7.51. The van der Waals surface area contributed by atoms with Gasteiger partial charge >= 0.3 is 0 Å². The molecule has 0 bridgehead atoms. The first-order valence-electron chi connectivity index (χ1n) is 9.62. The number of piperidine rings is 1. The van der Waals surface area contributed by atoms with Crippen molar-refractivity contribution in [2.75, 3.05) is 24.5 Å². The zero-order chi connectivity index (χ0) is 19.5. The fraction of sp³-hybridized carbons (Fsp3) is 0.318. The number of hydrogen-bond acceptors (Lipinski definition) is 4. The number of carbonyl (C=O) groups excluding carboxylic acids is 2. The Morgan fingerprint density at radius 3 is 2.75 bits per heavy atom. The zero-order valence-corrected chi connectivity index (χ0v) is 15.6. The van der Waals surface area contributed by atoms with Gasteiger partial charge in [0.15, 0.2) is 0 Å². The fourth-order valence-corrected chi connectivity index (χ4v) is 4.21. The molecule has 1 aromatic carbocycles. The number of hydrogen-bond donors (Lipinski definition) is 2. The van der Waals surface area contributed by atoms with Crippen LogP contribution in [0.3, 0.4) is 0 Å². The van der Waals surface area contributed by atoms with Gasteiger partial charge in [0.25, 0.3) is 0 Å². The molecule has 0 spiro atoms. The van der Waals surface area contributed by atoms with Gasteiger partial charge in [-0.3, -0.25) is 14.6 Å². The van der Waals surface area contributed by atoms with Crippen LogP contribution in [0.5, 0.6) is 0 Å². The molecule has 2 amide bonds. The second kappa shape index (κ2) is 7.84. The van der Waals surface area contributed by atoms with Crippen molar-refractivity contribution in [3.05, 3.63) is 66.0 Å². The van der Waals surface area contributed by atoms with Gasteiger partial charge in [-0.25, -0.2) is 0 Å². The first-order chi connectivity index (χ1) is 13.6. The van der Waals surface area contributed by atoms with Gasteiger partial charge in [-0.05, 0) is 60.1 Å². The summed E-state index contributed by atoms with van der Waals surface area (Å²) in [7, 11) is 0. The summed E-state index contributed by atoms with van der Waals surface area (Å²) in [5.41, 5.74) is 7.90. The molecule has 0 radical (unpaired) electrons. The molecular formula is C22H24N4O2. The van der Waals surface area contributed by atoms with E-state index in [1.807, 2.05) is 30.3 Å². The molecule has 1 aromatic heterocycles. The lowest BCUT2D eigenvalue weighted by atomic mass is 10.1. The summed E-state index contributed by atoms with van der Waals surface area (Å²) in [6.45, 7) is 2.71. The lowest BCUT2D eigenvalue weighted by molar-refractivity contribution is -0.116. The van der Waals surface area contributed by atoms with Crippen LogP contribution in [0.15, 0.2) is 54.9 Å². The number of fused-ring (bicyclic) bond motifs is 1. The number of aromatic nitrogens is 1. The molecule has 28 heavy (non-hydrogen) atoms. The summed E-state index contributed by atoms with van der Waals surface area (Å²) < 4.78 is 0. The van der Waals surface area contributed by atoms with Gasteiger partial charge in [-0.1, -0.05) is 12.1 Å². The van der Waals surface area contributed by atoms with E-state index in [0.717, 1.165) is 30.8 Å². The topological polar surface area (TPSA) is 88.3 Å². The third-order valence-electron chi connectivity index (χ3n) is 5.76. The van der Waals surface area contributed by atoms with Crippen LogP contribution in [0.25, 0.3) is 6.08 Å². The molecule has 2 fully saturated rings. The van der Waals surface area contributed by atoms with Gasteiger partial charge < -0.3 is 16.0 Å². The summed E-state index contributed by atoms with van der Waals surface area (Å²) in [4.78, 5) is 29.6. The van der Waals surface area contributed by atoms with Gasteiger partial charge in [0.05, 0.1) is 0 Å². The van der Waals surface area contributed by atoms with Crippen LogP contribution in [0.2, 0.25) is 0 Å². The standard InChI is InChI=1S/C22H24N4O2/c23-22(28)16-4-1-5-17(11-16)26-13-19-18(20(19)14-26)8-10-25-21(27)7-6-15-3-2-9-24-12-15/h1-7,9,11-12,18-20H,8,10,13-14H2,(H2,23,28)(H,25,27)/b7-6+/t18?,19-,20+. The lowest BCUT2D eigenvalue weighted by Gasteiger charge is -2.22. The third kappa shape index (κ3) is 4.06. The number of amides is 2. The molecule has 1 unspecified atom stereocenters. The maximum atomic E-state index is 11.9. The van der Waals surface area contributed by atoms with Crippen LogP contribution in [-0.2, 0) is 4.79 Å². The van der Waals surface area contributed by atoms with E-state index in [-0.39, 0.29) is 5.91 Å². The van der Waals surface area contributed by atoms with Gasteiger partial charge in [0.2, 0.25) is 11.8 Å². The number of nitrogens with two attached hydrogens (primary N) is 1. The van der Waals surface area contributed by atoms with Crippen molar-refractivity contribution < 1.29 is 9.59 Å². The minimum atomic E-state index is -0.391. The Kier molecular flexibility index (Phi) is 5.10. The molecule has 3 N–H and O–H groups in total. The van der Waals surface area contributed by atoms with E-state index in [0.29, 0.717) is 29.9 Å². The van der Waals surface area contributed by atoms with E-state index < -0.39 is 5.91 Å². The Morgan fingerprint density at radius 1 is 1.21 bits per heavy atom. The summed E-state index contributed by atoms with van der Waals surface area (Å²) in [5.74, 6) is 1.58. The highest BCUT2D eigenvalue weighted by atomic mass is 16.1. The smallest absolute Gasteiger partial charge is 0.248 e. The van der Waals surface area contributed by atoms with E-state index in [4.69, 9.17) is 5.73 Å². The van der Waals surface area contributed by atoms with E-state index in [9.17, 15) is 9.59 Å². The molecular weight excluding hydrogens is 352 g/mol. The van der Waals surface area contributed by atoms with Crippen molar-refractivity contribution in [1.82, 2.24) is 10.3 Å². The number of primary amides is 1. The second-order valence-corrected chi connectivity index (χ2v) is 7.51. The van der Waals surface area contributed by atoms with Crippen LogP contribution in [0.4, 0.5) is 5.69 Å². The molecule has 2 aliphatic rings. The largest absolute Gasteiger partial charge is 0.371 e. The van der Waals surface area contributed by atoms with Crippen molar-refractivity contribution in [1.29, 1.82) is 0 Å². The average molecular weight is 376 g/mol. The highest BCUT2D eigenvalue weighted by Gasteiger charge is 2.54. The monoisotopic (exact) mass is 376 g/mol. The molecule has 2 heterocycles. The maximum absolute atomic E-state index is 11.9. The summed E-state index contributed by atoms with van der Waals surface area (Å²) in [5, 5.41) is 2.97. The van der Waals surface area contributed by atoms with Crippen molar-refractivity contribution >= 4 is 23.6 Å². The molecule has 6 nitrogen and oxygen atoms in total. The van der Waals surface area contributed by atoms with Gasteiger partial charge in [-0.2, -0.15) is 0 Å². The van der Waals surface area contributed by atoms with E-state index in [1.165, 1.54) is 0 Å². The van der Waals surface area contributed by atoms with Crippen molar-refractivity contribution in [3.8, 4) is 0 Å². The predicted molar refractivity (Wildman–Crippen MR) is 109 cm³/mol. The molecule has 1 aliphatic heterocycles. The molecule has 6 heteroatoms. The minimum absolute atomic E-state index is 0.0699. The minimum Gasteiger partial charge on any atom is -0.371 e. The summed E-state index contributed by atoms with van der Waals surface area (Å²) >= 11 is 0. The number of nitrogens with zero attached hydrogens (tertiary/aromatic N) is 2. The van der Waals surface area contributed by atoms with Crippen LogP contribution >= 0.6 is 0 Å². The Morgan fingerprint density at radius 2 is 2.04 bits per heavy atom. The van der Waals surface area contributed by atoms with E-state index >= 15 is 0 Å². The van der Waals surface area contributed by atoms with Gasteiger partial charge in [-0.15, -0.1) is 0 Å². The number of pyridine rings is 1. The van der Waals surface area contributed by atoms with Gasteiger partial charge in [0, 0.05) is 49.4 Å². The van der Waals surface area contributed by atoms with Crippen molar-refractivity contribution in [2.24, 2.45) is 23.5 Å². The number of rotatable bonds is 7. The number of nitrogens with one attached hydrogen (secondary N) is 1. The normalized spacial score (nSPS) is 22.9. The molecule has 4 rings (SSSR count). The SMILES string of the molecule is NC(=O)c1cccc(N2C[C@@H]3C(CCNC(=O)/C=C/c4cccnc4)[C@@H]3C2)c1. The zero-order valence-electron chi connectivity index (χ0n) is 15.6.